The van der Waals surface area contributed by atoms with Gasteiger partial charge in [0.2, 0.25) is 0 Å². The van der Waals surface area contributed by atoms with Crippen LogP contribution < -0.4 is 4.74 Å². The van der Waals surface area contributed by atoms with Crippen molar-refractivity contribution in [3.63, 3.8) is 0 Å². The number of hydrogen-bond donors (Lipinski definition) is 0. The summed E-state index contributed by atoms with van der Waals surface area (Å²) in [6.07, 6.45) is 5.03. The van der Waals surface area contributed by atoms with Crippen molar-refractivity contribution in [1.82, 2.24) is 0 Å². The van der Waals surface area contributed by atoms with Crippen LogP contribution >= 0.6 is 31.9 Å². The second kappa shape index (κ2) is 8.98. The summed E-state index contributed by atoms with van der Waals surface area (Å²) in [5.41, 5.74) is 1.20. The van der Waals surface area contributed by atoms with E-state index in [-0.39, 0.29) is 0 Å². The van der Waals surface area contributed by atoms with Crippen LogP contribution in [0.4, 0.5) is 0 Å². The van der Waals surface area contributed by atoms with E-state index in [0.29, 0.717) is 5.92 Å². The van der Waals surface area contributed by atoms with E-state index >= 15 is 0 Å². The molecule has 1 aromatic rings. The lowest BCUT2D eigenvalue weighted by Gasteiger charge is -2.17. The average molecular weight is 378 g/mol. The molecular formula is C15H22Br2O. The lowest BCUT2D eigenvalue weighted by atomic mass is 10.0. The Bertz CT molecular complexity index is 352. The quantitative estimate of drug-likeness (QED) is 0.509. The Morgan fingerprint density at radius 1 is 1.28 bits per heavy atom. The van der Waals surface area contributed by atoms with Crippen molar-refractivity contribution < 1.29 is 4.74 Å². The minimum atomic E-state index is 0.678. The monoisotopic (exact) mass is 376 g/mol. The van der Waals surface area contributed by atoms with E-state index < -0.39 is 0 Å². The number of rotatable bonds is 8. The number of benzene rings is 1. The molecular weight excluding hydrogens is 356 g/mol. The topological polar surface area (TPSA) is 9.23 Å². The first-order valence-corrected chi connectivity index (χ1v) is 8.59. The highest BCUT2D eigenvalue weighted by molar-refractivity contribution is 9.10. The van der Waals surface area contributed by atoms with Gasteiger partial charge in [0.1, 0.15) is 5.75 Å². The summed E-state index contributed by atoms with van der Waals surface area (Å²) in [6.45, 7) is 5.32. The van der Waals surface area contributed by atoms with Crippen LogP contribution in [0.5, 0.6) is 5.75 Å². The fraction of sp³-hybridized carbons (Fsp3) is 0.600. The van der Waals surface area contributed by atoms with Crippen LogP contribution in [0.2, 0.25) is 0 Å². The molecule has 1 atom stereocenters. The Hall–Kier alpha value is -0.0200. The van der Waals surface area contributed by atoms with Crippen molar-refractivity contribution in [2.24, 2.45) is 5.92 Å². The molecule has 0 amide bonds. The molecule has 102 valence electrons. The van der Waals surface area contributed by atoms with Crippen molar-refractivity contribution in [3.8, 4) is 5.75 Å². The highest BCUT2D eigenvalue weighted by Gasteiger charge is 2.09. The fourth-order valence-corrected chi connectivity index (χ4v) is 2.75. The number of alkyl halides is 1. The number of hydrogen-bond acceptors (Lipinski definition) is 1. The van der Waals surface area contributed by atoms with E-state index in [0.717, 1.165) is 22.2 Å². The summed E-state index contributed by atoms with van der Waals surface area (Å²) < 4.78 is 7.08. The molecule has 1 aromatic carbocycles. The molecule has 0 radical (unpaired) electrons. The van der Waals surface area contributed by atoms with Crippen LogP contribution in [0.25, 0.3) is 0 Å². The summed E-state index contributed by atoms with van der Waals surface area (Å²) >= 11 is 7.00. The molecule has 0 fully saturated rings. The minimum Gasteiger partial charge on any atom is -0.493 e. The van der Waals surface area contributed by atoms with Crippen molar-refractivity contribution in [2.45, 2.75) is 44.9 Å². The summed E-state index contributed by atoms with van der Waals surface area (Å²) in [5.74, 6) is 1.68. The van der Waals surface area contributed by atoms with Crippen LogP contribution in [-0.4, -0.2) is 6.61 Å². The van der Waals surface area contributed by atoms with E-state index in [4.69, 9.17) is 4.74 Å². The van der Waals surface area contributed by atoms with Crippen LogP contribution in [0.3, 0.4) is 0 Å². The van der Waals surface area contributed by atoms with Gasteiger partial charge in [-0.05, 0) is 30.5 Å². The van der Waals surface area contributed by atoms with E-state index in [1.807, 2.05) is 12.1 Å². The van der Waals surface area contributed by atoms with Gasteiger partial charge >= 0.3 is 0 Å². The summed E-state index contributed by atoms with van der Waals surface area (Å²) in [7, 11) is 0. The molecule has 0 saturated carbocycles. The molecule has 0 saturated heterocycles. The maximum atomic E-state index is 5.98. The van der Waals surface area contributed by atoms with Crippen LogP contribution in [0.15, 0.2) is 22.7 Å². The smallest absolute Gasteiger partial charge is 0.123 e. The van der Waals surface area contributed by atoms with Gasteiger partial charge < -0.3 is 4.74 Å². The molecule has 0 aliphatic rings. The van der Waals surface area contributed by atoms with E-state index in [9.17, 15) is 0 Å². The van der Waals surface area contributed by atoms with Gasteiger partial charge in [-0.3, -0.25) is 0 Å². The van der Waals surface area contributed by atoms with Gasteiger partial charge in [-0.1, -0.05) is 65.0 Å². The molecule has 1 unspecified atom stereocenters. The molecule has 0 aliphatic carbocycles. The third-order valence-corrected chi connectivity index (χ3v) is 4.28. The molecule has 0 aliphatic heterocycles. The number of halogens is 2. The average Bonchev–Trinajstić information content (AvgIpc) is 2.40. The predicted molar refractivity (Wildman–Crippen MR) is 85.6 cm³/mol. The normalized spacial score (nSPS) is 12.4. The van der Waals surface area contributed by atoms with Crippen LogP contribution in [0.1, 0.15) is 45.1 Å². The van der Waals surface area contributed by atoms with E-state index in [1.165, 1.54) is 31.2 Å². The highest BCUT2D eigenvalue weighted by Crippen LogP contribution is 2.26. The zero-order chi connectivity index (χ0) is 13.4. The third-order valence-electron chi connectivity index (χ3n) is 3.18. The second-order valence-electron chi connectivity index (χ2n) is 4.61. The van der Waals surface area contributed by atoms with Gasteiger partial charge in [0.25, 0.3) is 0 Å². The van der Waals surface area contributed by atoms with E-state index in [1.54, 1.807) is 0 Å². The Morgan fingerprint density at radius 3 is 2.67 bits per heavy atom. The highest BCUT2D eigenvalue weighted by atomic mass is 79.9. The molecule has 0 heterocycles. The Morgan fingerprint density at radius 2 is 2.06 bits per heavy atom. The third kappa shape index (κ3) is 5.31. The van der Waals surface area contributed by atoms with Gasteiger partial charge in [-0.2, -0.15) is 0 Å². The van der Waals surface area contributed by atoms with Gasteiger partial charge in [0.15, 0.2) is 0 Å². The molecule has 0 bridgehead atoms. The van der Waals surface area contributed by atoms with Crippen molar-refractivity contribution in [2.75, 3.05) is 6.61 Å². The molecule has 0 aromatic heterocycles. The lowest BCUT2D eigenvalue weighted by Crippen LogP contribution is -2.12. The van der Waals surface area contributed by atoms with Crippen molar-refractivity contribution >= 4 is 31.9 Å². The minimum absolute atomic E-state index is 0.678. The SMILES string of the molecule is CCCCC(CC)COc1ccc(Br)cc1CBr. The maximum absolute atomic E-state index is 5.98. The molecule has 1 nitrogen and oxygen atoms in total. The number of ether oxygens (including phenoxy) is 1. The zero-order valence-electron chi connectivity index (χ0n) is 11.2. The predicted octanol–water partition coefficient (Wildman–Crippen LogP) is 5.94. The first kappa shape index (κ1) is 16.0. The standard InChI is InChI=1S/C15H22Br2O/c1-3-5-6-12(4-2)11-18-15-8-7-14(17)9-13(15)10-16/h7-9,12H,3-6,10-11H2,1-2H3. The largest absolute Gasteiger partial charge is 0.493 e. The number of unbranched alkanes of at least 4 members (excludes halogenated alkanes) is 1. The summed E-state index contributed by atoms with van der Waals surface area (Å²) in [4.78, 5) is 0. The Labute approximate surface area is 128 Å². The van der Waals surface area contributed by atoms with Gasteiger partial charge in [-0.25, -0.2) is 0 Å². The van der Waals surface area contributed by atoms with Crippen LogP contribution in [0, 0.1) is 5.92 Å². The van der Waals surface area contributed by atoms with Crippen LogP contribution in [-0.2, 0) is 5.33 Å². The van der Waals surface area contributed by atoms with E-state index in [2.05, 4.69) is 51.8 Å². The van der Waals surface area contributed by atoms with Gasteiger partial charge in [0, 0.05) is 15.4 Å². The van der Waals surface area contributed by atoms with Gasteiger partial charge in [-0.15, -0.1) is 0 Å². The first-order valence-electron chi connectivity index (χ1n) is 6.68. The summed E-state index contributed by atoms with van der Waals surface area (Å²) in [6, 6.07) is 6.19. The van der Waals surface area contributed by atoms with Crippen molar-refractivity contribution in [3.05, 3.63) is 28.2 Å². The Kier molecular flexibility index (Phi) is 8.00. The second-order valence-corrected chi connectivity index (χ2v) is 6.09. The molecule has 18 heavy (non-hydrogen) atoms. The molecule has 0 N–H and O–H groups in total. The molecule has 0 spiro atoms. The zero-order valence-corrected chi connectivity index (χ0v) is 14.4. The fourth-order valence-electron chi connectivity index (χ4n) is 1.90. The summed E-state index contributed by atoms with van der Waals surface area (Å²) in [5, 5.41) is 0.827. The Balaban J connectivity index is 2.56. The van der Waals surface area contributed by atoms with Gasteiger partial charge in [0.05, 0.1) is 6.61 Å². The van der Waals surface area contributed by atoms with Crippen molar-refractivity contribution in [1.29, 1.82) is 0 Å². The molecule has 3 heteroatoms. The molecule has 1 rings (SSSR count). The lowest BCUT2D eigenvalue weighted by molar-refractivity contribution is 0.232. The maximum Gasteiger partial charge on any atom is 0.123 e. The first-order chi connectivity index (χ1) is 8.71.